The molecule has 6 heteroatoms. The third-order valence-electron chi connectivity index (χ3n) is 4.19. The number of carbonyl (C=O) groups excluding carboxylic acids is 2. The Morgan fingerprint density at radius 1 is 0.857 bits per heavy atom. The van der Waals surface area contributed by atoms with Gasteiger partial charge < -0.3 is 5.11 Å². The predicted octanol–water partition coefficient (Wildman–Crippen LogP) is 2.88. The molecule has 1 aromatic heterocycles. The van der Waals surface area contributed by atoms with E-state index in [0.29, 0.717) is 18.4 Å². The SMILES string of the molecule is O=C(O)C(=O)CC(=O)c1cc(Cc2ccccc2)cc(Cc2cnccn2)c1. The Kier molecular flexibility index (Phi) is 6.01. The number of hydrogen-bond acceptors (Lipinski definition) is 5. The third-order valence-corrected chi connectivity index (χ3v) is 4.19. The second kappa shape index (κ2) is 8.81. The number of nitrogens with zero attached hydrogens (tertiary/aromatic N) is 2. The van der Waals surface area contributed by atoms with Crippen LogP contribution in [0.5, 0.6) is 0 Å². The third kappa shape index (κ3) is 5.17. The van der Waals surface area contributed by atoms with Crippen molar-refractivity contribution in [2.75, 3.05) is 0 Å². The molecule has 1 heterocycles. The number of aliphatic carboxylic acids is 1. The topological polar surface area (TPSA) is 97.2 Å². The molecule has 0 aliphatic heterocycles. The van der Waals surface area contributed by atoms with Gasteiger partial charge in [0, 0.05) is 30.6 Å². The van der Waals surface area contributed by atoms with Crippen molar-refractivity contribution in [1.29, 1.82) is 0 Å². The summed E-state index contributed by atoms with van der Waals surface area (Å²) in [5.41, 5.74) is 3.90. The molecule has 0 radical (unpaired) electrons. The predicted molar refractivity (Wildman–Crippen MR) is 102 cm³/mol. The van der Waals surface area contributed by atoms with E-state index in [1.165, 1.54) is 0 Å². The Labute approximate surface area is 161 Å². The second-order valence-corrected chi connectivity index (χ2v) is 6.40. The lowest BCUT2D eigenvalue weighted by Gasteiger charge is -2.10. The minimum atomic E-state index is -1.60. The molecule has 0 saturated carbocycles. The Hall–Kier alpha value is -3.67. The highest BCUT2D eigenvalue weighted by atomic mass is 16.4. The van der Waals surface area contributed by atoms with E-state index in [4.69, 9.17) is 5.11 Å². The second-order valence-electron chi connectivity index (χ2n) is 6.40. The molecule has 3 rings (SSSR count). The van der Waals surface area contributed by atoms with Gasteiger partial charge in [-0.25, -0.2) is 4.79 Å². The molecular formula is C22H18N2O4. The van der Waals surface area contributed by atoms with E-state index < -0.39 is 24.0 Å². The first kappa shape index (κ1) is 19.1. The maximum absolute atomic E-state index is 12.5. The van der Waals surface area contributed by atoms with E-state index in [0.717, 1.165) is 22.4 Å². The number of rotatable bonds is 8. The number of aromatic nitrogens is 2. The Bertz CT molecular complexity index is 942. The fourth-order valence-corrected chi connectivity index (χ4v) is 2.91. The number of carboxylic acids is 1. The van der Waals surface area contributed by atoms with Crippen molar-refractivity contribution < 1.29 is 19.5 Å². The fourth-order valence-electron chi connectivity index (χ4n) is 2.91. The highest BCUT2D eigenvalue weighted by molar-refractivity contribution is 6.37. The molecule has 0 fully saturated rings. The molecule has 0 spiro atoms. The van der Waals surface area contributed by atoms with Gasteiger partial charge in [-0.15, -0.1) is 0 Å². The summed E-state index contributed by atoms with van der Waals surface area (Å²) in [5, 5.41) is 8.76. The van der Waals surface area contributed by atoms with Gasteiger partial charge in [0.15, 0.2) is 5.78 Å². The quantitative estimate of drug-likeness (QED) is 0.370. The van der Waals surface area contributed by atoms with Gasteiger partial charge in [-0.1, -0.05) is 36.4 Å². The molecule has 28 heavy (non-hydrogen) atoms. The van der Waals surface area contributed by atoms with E-state index >= 15 is 0 Å². The van der Waals surface area contributed by atoms with E-state index in [2.05, 4.69) is 9.97 Å². The Morgan fingerprint density at radius 2 is 1.57 bits per heavy atom. The van der Waals surface area contributed by atoms with Crippen LogP contribution < -0.4 is 0 Å². The minimum Gasteiger partial charge on any atom is -0.475 e. The summed E-state index contributed by atoms with van der Waals surface area (Å²) in [6, 6.07) is 15.2. The first-order valence-corrected chi connectivity index (χ1v) is 8.72. The van der Waals surface area contributed by atoms with Gasteiger partial charge in [-0.2, -0.15) is 0 Å². The highest BCUT2D eigenvalue weighted by Gasteiger charge is 2.19. The summed E-state index contributed by atoms with van der Waals surface area (Å²) >= 11 is 0. The van der Waals surface area contributed by atoms with Crippen LogP contribution in [0.15, 0.2) is 67.1 Å². The zero-order valence-corrected chi connectivity index (χ0v) is 15.0. The fraction of sp³-hybridized carbons (Fsp3) is 0.136. The molecule has 6 nitrogen and oxygen atoms in total. The van der Waals surface area contributed by atoms with Gasteiger partial charge in [0.25, 0.3) is 0 Å². The molecule has 0 atom stereocenters. The summed E-state index contributed by atoms with van der Waals surface area (Å²) < 4.78 is 0. The summed E-state index contributed by atoms with van der Waals surface area (Å²) in [6.45, 7) is 0. The van der Waals surface area contributed by atoms with E-state index in [9.17, 15) is 14.4 Å². The van der Waals surface area contributed by atoms with E-state index in [-0.39, 0.29) is 0 Å². The number of carboxylic acid groups (broad SMARTS) is 1. The lowest BCUT2D eigenvalue weighted by atomic mass is 9.95. The van der Waals surface area contributed by atoms with Crippen LogP contribution in [0, 0.1) is 0 Å². The lowest BCUT2D eigenvalue weighted by molar-refractivity contribution is -0.148. The molecule has 140 valence electrons. The largest absolute Gasteiger partial charge is 0.475 e. The van der Waals surface area contributed by atoms with Gasteiger partial charge in [0.2, 0.25) is 5.78 Å². The molecule has 0 aliphatic rings. The zero-order chi connectivity index (χ0) is 19.9. The Morgan fingerprint density at radius 3 is 2.21 bits per heavy atom. The van der Waals surface area contributed by atoms with Crippen molar-refractivity contribution in [1.82, 2.24) is 9.97 Å². The maximum Gasteiger partial charge on any atom is 0.372 e. The monoisotopic (exact) mass is 374 g/mol. The van der Waals surface area contributed by atoms with Gasteiger partial charge in [0.1, 0.15) is 0 Å². The van der Waals surface area contributed by atoms with Crippen LogP contribution in [-0.2, 0) is 22.4 Å². The number of benzene rings is 2. The number of hydrogen-bond donors (Lipinski definition) is 1. The highest BCUT2D eigenvalue weighted by Crippen LogP contribution is 2.18. The average molecular weight is 374 g/mol. The number of carbonyl (C=O) groups is 3. The van der Waals surface area contributed by atoms with Crippen molar-refractivity contribution in [2.45, 2.75) is 19.3 Å². The summed E-state index contributed by atoms with van der Waals surface area (Å²) in [6.07, 6.45) is 5.27. The average Bonchev–Trinajstić information content (AvgIpc) is 2.69. The van der Waals surface area contributed by atoms with Crippen molar-refractivity contribution >= 4 is 17.5 Å². The smallest absolute Gasteiger partial charge is 0.372 e. The minimum absolute atomic E-state index is 0.321. The standard InChI is InChI=1S/C22H18N2O4/c25-20(13-21(26)22(27)28)18-10-16(8-15-4-2-1-3-5-15)9-17(11-18)12-19-14-23-6-7-24-19/h1-7,9-11,14H,8,12-13H2,(H,27,28). The summed E-state index contributed by atoms with van der Waals surface area (Å²) in [5.74, 6) is -3.23. The molecule has 1 N–H and O–H groups in total. The first-order chi connectivity index (χ1) is 13.5. The molecule has 2 aromatic carbocycles. The molecule has 0 unspecified atom stereocenters. The van der Waals surface area contributed by atoms with Crippen LogP contribution in [-0.4, -0.2) is 32.6 Å². The van der Waals surface area contributed by atoms with Gasteiger partial charge in [-0.3, -0.25) is 19.6 Å². The van der Waals surface area contributed by atoms with Crippen LogP contribution in [0.3, 0.4) is 0 Å². The summed E-state index contributed by atoms with van der Waals surface area (Å²) in [7, 11) is 0. The van der Waals surface area contributed by atoms with Crippen molar-refractivity contribution in [2.24, 2.45) is 0 Å². The normalized spacial score (nSPS) is 10.4. The van der Waals surface area contributed by atoms with E-state index in [1.807, 2.05) is 36.4 Å². The lowest BCUT2D eigenvalue weighted by Crippen LogP contribution is -2.17. The van der Waals surface area contributed by atoms with Crippen LogP contribution >= 0.6 is 0 Å². The molecule has 3 aromatic rings. The van der Waals surface area contributed by atoms with Crippen LogP contribution in [0.1, 0.15) is 39.2 Å². The van der Waals surface area contributed by atoms with Gasteiger partial charge in [-0.05, 0) is 35.2 Å². The van der Waals surface area contributed by atoms with Gasteiger partial charge >= 0.3 is 5.97 Å². The van der Waals surface area contributed by atoms with Crippen LogP contribution in [0.4, 0.5) is 0 Å². The molecule has 0 saturated heterocycles. The van der Waals surface area contributed by atoms with E-state index in [1.54, 1.807) is 30.7 Å². The molecule has 0 aliphatic carbocycles. The Balaban J connectivity index is 1.92. The number of ketones is 2. The van der Waals surface area contributed by atoms with Gasteiger partial charge in [0.05, 0.1) is 12.1 Å². The summed E-state index contributed by atoms with van der Waals surface area (Å²) in [4.78, 5) is 43.0. The van der Waals surface area contributed by atoms with Crippen molar-refractivity contribution in [3.63, 3.8) is 0 Å². The van der Waals surface area contributed by atoms with Crippen molar-refractivity contribution in [3.8, 4) is 0 Å². The zero-order valence-electron chi connectivity index (χ0n) is 15.0. The maximum atomic E-state index is 12.5. The molecule has 0 bridgehead atoms. The molecular weight excluding hydrogens is 356 g/mol. The van der Waals surface area contributed by atoms with Crippen LogP contribution in [0.25, 0.3) is 0 Å². The van der Waals surface area contributed by atoms with Crippen molar-refractivity contribution in [3.05, 3.63) is 95.1 Å². The number of Topliss-reactive ketones (excluding diaryl/α,β-unsaturated/α-hetero) is 2. The first-order valence-electron chi connectivity index (χ1n) is 8.72. The van der Waals surface area contributed by atoms with Crippen LogP contribution in [0.2, 0.25) is 0 Å². The molecule has 0 amide bonds.